The lowest BCUT2D eigenvalue weighted by Crippen LogP contribution is -2.48. The zero-order valence-electron chi connectivity index (χ0n) is 17.8. The van der Waals surface area contributed by atoms with Crippen molar-refractivity contribution in [2.75, 3.05) is 45.9 Å². The Morgan fingerprint density at radius 1 is 1.03 bits per heavy atom. The van der Waals surface area contributed by atoms with E-state index in [0.717, 1.165) is 43.7 Å². The molecule has 2 aromatic carbocycles. The Morgan fingerprint density at radius 2 is 1.70 bits per heavy atom. The minimum atomic E-state index is -0.223. The third-order valence-corrected chi connectivity index (χ3v) is 5.42. The normalized spacial score (nSPS) is 15.1. The number of methoxy groups -OCH3 is 3. The number of carbonyl (C=O) groups is 1. The van der Waals surface area contributed by atoms with Crippen LogP contribution in [0.3, 0.4) is 0 Å². The molecule has 6 nitrogen and oxygen atoms in total. The van der Waals surface area contributed by atoms with Crippen LogP contribution in [0.5, 0.6) is 11.5 Å². The number of hydrogen-bond donors (Lipinski definition) is 0. The lowest BCUT2D eigenvalue weighted by Gasteiger charge is -2.38. The third-order valence-electron chi connectivity index (χ3n) is 5.42. The molecule has 0 saturated carbocycles. The maximum absolute atomic E-state index is 13.1. The van der Waals surface area contributed by atoms with Gasteiger partial charge in [-0.3, -0.25) is 9.69 Å². The minimum absolute atomic E-state index is 0.0180. The van der Waals surface area contributed by atoms with Gasteiger partial charge in [-0.25, -0.2) is 4.39 Å². The molecule has 1 heterocycles. The van der Waals surface area contributed by atoms with Gasteiger partial charge in [0.2, 0.25) is 0 Å². The molecule has 1 saturated heterocycles. The van der Waals surface area contributed by atoms with Gasteiger partial charge < -0.3 is 19.1 Å². The predicted octanol–water partition coefficient (Wildman–Crippen LogP) is 3.49. The summed E-state index contributed by atoms with van der Waals surface area (Å²) < 4.78 is 29.0. The summed E-state index contributed by atoms with van der Waals surface area (Å²) in [6.07, 6.45) is 1.68. The van der Waals surface area contributed by atoms with Gasteiger partial charge in [-0.1, -0.05) is 12.1 Å². The van der Waals surface area contributed by atoms with Crippen LogP contribution in [0.4, 0.5) is 10.1 Å². The molecule has 3 rings (SSSR count). The molecule has 0 unspecified atom stereocenters. The minimum Gasteiger partial charge on any atom is -0.493 e. The van der Waals surface area contributed by atoms with E-state index in [4.69, 9.17) is 14.2 Å². The molecule has 0 aliphatic carbocycles. The molecule has 30 heavy (non-hydrogen) atoms. The Labute approximate surface area is 177 Å². The summed E-state index contributed by atoms with van der Waals surface area (Å²) in [5.41, 5.74) is 1.86. The maximum Gasteiger partial charge on any atom is 0.253 e. The average molecular weight is 416 g/mol. The van der Waals surface area contributed by atoms with Crippen molar-refractivity contribution in [3.8, 4) is 11.5 Å². The van der Waals surface area contributed by atoms with Crippen LogP contribution in [0.1, 0.15) is 18.4 Å². The summed E-state index contributed by atoms with van der Waals surface area (Å²) in [4.78, 5) is 17.0. The van der Waals surface area contributed by atoms with Gasteiger partial charge in [-0.2, -0.15) is 0 Å². The largest absolute Gasteiger partial charge is 0.493 e. The van der Waals surface area contributed by atoms with Crippen LogP contribution >= 0.6 is 0 Å². The number of carbonyl (C=O) groups excluding carboxylic acids is 1. The molecule has 0 N–H and O–H groups in total. The Hall–Kier alpha value is -2.64. The zero-order chi connectivity index (χ0) is 21.5. The second kappa shape index (κ2) is 10.4. The lowest BCUT2D eigenvalue weighted by atomic mass is 10.0. The van der Waals surface area contributed by atoms with Crippen LogP contribution in [-0.4, -0.2) is 57.9 Å². The molecular weight excluding hydrogens is 387 g/mol. The first-order chi connectivity index (χ1) is 14.5. The molecule has 0 spiro atoms. The van der Waals surface area contributed by atoms with Crippen LogP contribution in [0.2, 0.25) is 0 Å². The molecule has 1 aliphatic heterocycles. The number of benzene rings is 2. The zero-order valence-corrected chi connectivity index (χ0v) is 17.8. The van der Waals surface area contributed by atoms with Crippen molar-refractivity contribution in [2.45, 2.75) is 25.4 Å². The van der Waals surface area contributed by atoms with E-state index >= 15 is 0 Å². The SMILES string of the molecule is COCC(=O)N(c1ccc(OC)c(OC)c1)C1CCN(Cc2ccc(F)cc2)CC1. The van der Waals surface area contributed by atoms with Crippen molar-refractivity contribution in [2.24, 2.45) is 0 Å². The van der Waals surface area contributed by atoms with Crippen molar-refractivity contribution in [3.63, 3.8) is 0 Å². The van der Waals surface area contributed by atoms with Gasteiger partial charge in [0.25, 0.3) is 5.91 Å². The first kappa shape index (κ1) is 22.1. The first-order valence-electron chi connectivity index (χ1n) is 10.1. The number of likely N-dealkylation sites (tertiary alicyclic amines) is 1. The standard InChI is InChI=1S/C23H29FN2O4/c1-28-16-23(27)26(20-8-9-21(29-2)22(14-20)30-3)19-10-12-25(13-11-19)15-17-4-6-18(24)7-5-17/h4-9,14,19H,10-13,15-16H2,1-3H3. The average Bonchev–Trinajstić information content (AvgIpc) is 2.77. The van der Waals surface area contributed by atoms with Crippen molar-refractivity contribution < 1.29 is 23.4 Å². The van der Waals surface area contributed by atoms with E-state index in [9.17, 15) is 9.18 Å². The van der Waals surface area contributed by atoms with Gasteiger partial charge in [0.05, 0.1) is 14.2 Å². The number of halogens is 1. The van der Waals surface area contributed by atoms with Crippen LogP contribution < -0.4 is 14.4 Å². The van der Waals surface area contributed by atoms with Crippen molar-refractivity contribution in [1.29, 1.82) is 0 Å². The van der Waals surface area contributed by atoms with Crippen LogP contribution in [0, 0.1) is 5.82 Å². The smallest absolute Gasteiger partial charge is 0.253 e. The molecule has 0 aromatic heterocycles. The topological polar surface area (TPSA) is 51.2 Å². The first-order valence-corrected chi connectivity index (χ1v) is 10.1. The van der Waals surface area contributed by atoms with Crippen molar-refractivity contribution in [1.82, 2.24) is 4.90 Å². The number of anilines is 1. The van der Waals surface area contributed by atoms with E-state index in [1.807, 2.05) is 35.2 Å². The summed E-state index contributed by atoms with van der Waals surface area (Å²) in [6, 6.07) is 12.2. The molecule has 1 aliphatic rings. The summed E-state index contributed by atoms with van der Waals surface area (Å²) >= 11 is 0. The highest BCUT2D eigenvalue weighted by Gasteiger charge is 2.29. The Kier molecular flexibility index (Phi) is 7.65. The Balaban J connectivity index is 1.72. The van der Waals surface area contributed by atoms with Crippen molar-refractivity contribution >= 4 is 11.6 Å². The highest BCUT2D eigenvalue weighted by molar-refractivity contribution is 5.95. The van der Waals surface area contributed by atoms with Gasteiger partial charge >= 0.3 is 0 Å². The van der Waals surface area contributed by atoms with Crippen LogP contribution in [-0.2, 0) is 16.1 Å². The van der Waals surface area contributed by atoms with Crippen LogP contribution in [0.15, 0.2) is 42.5 Å². The summed E-state index contributed by atoms with van der Waals surface area (Å²) in [6.45, 7) is 2.50. The fourth-order valence-electron chi connectivity index (χ4n) is 3.91. The van der Waals surface area contributed by atoms with E-state index in [1.165, 1.54) is 19.2 Å². The van der Waals surface area contributed by atoms with Crippen LogP contribution in [0.25, 0.3) is 0 Å². The molecule has 2 aromatic rings. The van der Waals surface area contributed by atoms with E-state index in [-0.39, 0.29) is 24.4 Å². The van der Waals surface area contributed by atoms with E-state index < -0.39 is 0 Å². The highest BCUT2D eigenvalue weighted by Crippen LogP contribution is 2.34. The Bertz CT molecular complexity index is 836. The summed E-state index contributed by atoms with van der Waals surface area (Å²) in [5.74, 6) is 0.898. The number of piperidine rings is 1. The third kappa shape index (κ3) is 5.29. The quantitative estimate of drug-likeness (QED) is 0.659. The lowest BCUT2D eigenvalue weighted by molar-refractivity contribution is -0.122. The number of hydrogen-bond acceptors (Lipinski definition) is 5. The molecule has 0 atom stereocenters. The van der Waals surface area contributed by atoms with Crippen molar-refractivity contribution in [3.05, 3.63) is 53.8 Å². The van der Waals surface area contributed by atoms with E-state index in [1.54, 1.807) is 14.2 Å². The monoisotopic (exact) mass is 416 g/mol. The number of nitrogens with zero attached hydrogens (tertiary/aromatic N) is 2. The fraction of sp³-hybridized carbons (Fsp3) is 0.435. The van der Waals surface area contributed by atoms with Gasteiger partial charge in [-0.15, -0.1) is 0 Å². The van der Waals surface area contributed by atoms with E-state index in [0.29, 0.717) is 11.5 Å². The molecule has 0 radical (unpaired) electrons. The Morgan fingerprint density at radius 3 is 2.30 bits per heavy atom. The number of ether oxygens (including phenoxy) is 3. The molecule has 7 heteroatoms. The summed E-state index contributed by atoms with van der Waals surface area (Å²) in [7, 11) is 4.69. The molecule has 0 bridgehead atoms. The molecule has 1 amide bonds. The predicted molar refractivity (Wildman–Crippen MR) is 114 cm³/mol. The second-order valence-electron chi connectivity index (χ2n) is 7.37. The van der Waals surface area contributed by atoms with Gasteiger partial charge in [0, 0.05) is 44.5 Å². The fourth-order valence-corrected chi connectivity index (χ4v) is 3.91. The molecular formula is C23H29FN2O4. The summed E-state index contributed by atoms with van der Waals surface area (Å²) in [5, 5.41) is 0. The van der Waals surface area contributed by atoms with Gasteiger partial charge in [0.15, 0.2) is 11.5 Å². The van der Waals surface area contributed by atoms with Gasteiger partial charge in [0.1, 0.15) is 12.4 Å². The van der Waals surface area contributed by atoms with Gasteiger partial charge in [-0.05, 0) is 42.7 Å². The molecule has 1 fully saturated rings. The highest BCUT2D eigenvalue weighted by atomic mass is 19.1. The molecule has 162 valence electrons. The maximum atomic E-state index is 13.1. The number of rotatable bonds is 8. The van der Waals surface area contributed by atoms with E-state index in [2.05, 4.69) is 4.90 Å². The number of amides is 1. The second-order valence-corrected chi connectivity index (χ2v) is 7.37.